The third kappa shape index (κ3) is 2.97. The third-order valence-corrected chi connectivity index (χ3v) is 4.77. The van der Waals surface area contributed by atoms with E-state index in [-0.39, 0.29) is 5.41 Å². The second kappa shape index (κ2) is 5.02. The highest BCUT2D eigenvalue weighted by Gasteiger charge is 2.26. The molecule has 1 atom stereocenters. The Morgan fingerprint density at radius 3 is 2.20 bits per heavy atom. The van der Waals surface area contributed by atoms with Gasteiger partial charge in [0.05, 0.1) is 7.11 Å². The zero-order chi connectivity index (χ0) is 11.5. The Bertz CT molecular complexity index is 303. The van der Waals surface area contributed by atoms with Gasteiger partial charge in [-0.2, -0.15) is 0 Å². The molecule has 0 spiro atoms. The van der Waals surface area contributed by atoms with Crippen molar-refractivity contribution in [1.82, 2.24) is 0 Å². The molecule has 0 N–H and O–H groups in total. The highest BCUT2D eigenvalue weighted by Crippen LogP contribution is 2.42. The fraction of sp³-hybridized carbons (Fsp3) is 0.538. The molecule has 0 radical (unpaired) electrons. The zero-order valence-electron chi connectivity index (χ0n) is 9.88. The Morgan fingerprint density at radius 1 is 1.27 bits per heavy atom. The average molecular weight is 271 g/mol. The van der Waals surface area contributed by atoms with Crippen LogP contribution in [0.15, 0.2) is 24.3 Å². The van der Waals surface area contributed by atoms with Gasteiger partial charge in [-0.1, -0.05) is 48.8 Å². The molecule has 0 aliphatic carbocycles. The predicted octanol–water partition coefficient (Wildman–Crippen LogP) is 4.57. The number of rotatable bonds is 4. The van der Waals surface area contributed by atoms with E-state index in [1.54, 1.807) is 7.11 Å². The minimum atomic E-state index is 0.272. The number of halogens is 1. The van der Waals surface area contributed by atoms with Crippen LogP contribution in [0.1, 0.15) is 37.6 Å². The zero-order valence-corrected chi connectivity index (χ0v) is 11.5. The lowest BCUT2D eigenvalue weighted by molar-refractivity contribution is 0.345. The molecule has 1 aromatic rings. The van der Waals surface area contributed by atoms with E-state index in [1.165, 1.54) is 5.56 Å². The van der Waals surface area contributed by atoms with Crippen molar-refractivity contribution in [2.45, 2.75) is 32.0 Å². The lowest BCUT2D eigenvalue weighted by Crippen LogP contribution is -2.16. The maximum absolute atomic E-state index is 5.15. The molecule has 0 amide bonds. The third-order valence-electron chi connectivity index (χ3n) is 3.01. The molecule has 0 aliphatic heterocycles. The molecule has 1 nitrogen and oxygen atoms in total. The largest absolute Gasteiger partial charge is 0.497 e. The summed E-state index contributed by atoms with van der Waals surface area (Å²) in [6, 6.07) is 8.26. The predicted molar refractivity (Wildman–Crippen MR) is 68.7 cm³/mol. The van der Waals surface area contributed by atoms with Crippen molar-refractivity contribution in [2.24, 2.45) is 5.41 Å². The summed E-state index contributed by atoms with van der Waals surface area (Å²) in [6.07, 6.45) is 1.15. The number of ether oxygens (including phenoxy) is 1. The Kier molecular flexibility index (Phi) is 4.21. The van der Waals surface area contributed by atoms with E-state index < -0.39 is 0 Å². The maximum atomic E-state index is 5.15. The van der Waals surface area contributed by atoms with Gasteiger partial charge in [0.2, 0.25) is 0 Å². The minimum Gasteiger partial charge on any atom is -0.497 e. The number of methoxy groups -OCH3 is 1. The molecule has 0 aromatic heterocycles. The first-order valence-corrected chi connectivity index (χ1v) is 6.21. The van der Waals surface area contributed by atoms with E-state index in [4.69, 9.17) is 4.74 Å². The number of hydrogen-bond donors (Lipinski definition) is 0. The Balaban J connectivity index is 2.87. The summed E-state index contributed by atoms with van der Waals surface area (Å²) in [6.45, 7) is 6.77. The van der Waals surface area contributed by atoms with Crippen LogP contribution in [-0.2, 0) is 0 Å². The number of alkyl halides is 1. The molecule has 1 unspecified atom stereocenters. The lowest BCUT2D eigenvalue weighted by Gasteiger charge is -2.29. The van der Waals surface area contributed by atoms with Gasteiger partial charge in [0.1, 0.15) is 5.75 Å². The van der Waals surface area contributed by atoms with Crippen LogP contribution in [-0.4, -0.2) is 7.11 Å². The lowest BCUT2D eigenvalue weighted by atomic mass is 9.83. The van der Waals surface area contributed by atoms with Gasteiger partial charge < -0.3 is 4.74 Å². The molecule has 0 bridgehead atoms. The van der Waals surface area contributed by atoms with E-state index in [1.807, 2.05) is 12.1 Å². The molecule has 0 saturated heterocycles. The molecule has 1 rings (SSSR count). The van der Waals surface area contributed by atoms with E-state index in [0.717, 1.165) is 12.2 Å². The van der Waals surface area contributed by atoms with Crippen molar-refractivity contribution in [3.05, 3.63) is 29.8 Å². The molecule has 0 heterocycles. The van der Waals surface area contributed by atoms with Crippen molar-refractivity contribution in [3.63, 3.8) is 0 Å². The van der Waals surface area contributed by atoms with Gasteiger partial charge in [0.25, 0.3) is 0 Å². The first-order chi connectivity index (χ1) is 7.01. The van der Waals surface area contributed by atoms with E-state index >= 15 is 0 Å². The summed E-state index contributed by atoms with van der Waals surface area (Å²) in [5.74, 6) is 0.910. The van der Waals surface area contributed by atoms with Crippen molar-refractivity contribution in [3.8, 4) is 5.75 Å². The van der Waals surface area contributed by atoms with Gasteiger partial charge in [0, 0.05) is 4.83 Å². The van der Waals surface area contributed by atoms with Crippen LogP contribution >= 0.6 is 15.9 Å². The molecule has 0 aliphatic rings. The van der Waals surface area contributed by atoms with Crippen LogP contribution in [0.4, 0.5) is 0 Å². The van der Waals surface area contributed by atoms with Gasteiger partial charge in [-0.05, 0) is 29.5 Å². The van der Waals surface area contributed by atoms with Crippen LogP contribution in [0.25, 0.3) is 0 Å². The Morgan fingerprint density at radius 2 is 1.80 bits per heavy atom. The first-order valence-electron chi connectivity index (χ1n) is 5.29. The smallest absolute Gasteiger partial charge is 0.118 e. The van der Waals surface area contributed by atoms with Gasteiger partial charge in [-0.3, -0.25) is 0 Å². The van der Waals surface area contributed by atoms with E-state index in [2.05, 4.69) is 48.8 Å². The van der Waals surface area contributed by atoms with E-state index in [9.17, 15) is 0 Å². The standard InChI is InChI=1S/C13H19BrO/c1-5-13(2,3)12(14)10-6-8-11(15-4)9-7-10/h6-9,12H,5H2,1-4H3. The van der Waals surface area contributed by atoms with Crippen LogP contribution in [0.2, 0.25) is 0 Å². The van der Waals surface area contributed by atoms with Crippen molar-refractivity contribution in [1.29, 1.82) is 0 Å². The highest BCUT2D eigenvalue weighted by molar-refractivity contribution is 9.09. The van der Waals surface area contributed by atoms with Crippen LogP contribution in [0.3, 0.4) is 0 Å². The van der Waals surface area contributed by atoms with Gasteiger partial charge in [0.15, 0.2) is 0 Å². The molecule has 1 aromatic carbocycles. The second-order valence-electron chi connectivity index (χ2n) is 4.48. The topological polar surface area (TPSA) is 9.23 Å². The van der Waals surface area contributed by atoms with Gasteiger partial charge in [-0.15, -0.1) is 0 Å². The highest BCUT2D eigenvalue weighted by atomic mass is 79.9. The summed E-state index contributed by atoms with van der Waals surface area (Å²) in [7, 11) is 1.69. The summed E-state index contributed by atoms with van der Waals surface area (Å²) in [5, 5.41) is 0. The van der Waals surface area contributed by atoms with Gasteiger partial charge >= 0.3 is 0 Å². The number of benzene rings is 1. The molecular formula is C13H19BrO. The fourth-order valence-corrected chi connectivity index (χ4v) is 2.03. The molecule has 15 heavy (non-hydrogen) atoms. The van der Waals surface area contributed by atoms with Crippen molar-refractivity contribution >= 4 is 15.9 Å². The van der Waals surface area contributed by atoms with E-state index in [0.29, 0.717) is 4.83 Å². The Labute approximate surface area is 101 Å². The van der Waals surface area contributed by atoms with Crippen LogP contribution in [0, 0.1) is 5.41 Å². The molecule has 0 saturated carbocycles. The summed E-state index contributed by atoms with van der Waals surface area (Å²) < 4.78 is 5.15. The molecular weight excluding hydrogens is 252 g/mol. The summed E-state index contributed by atoms with van der Waals surface area (Å²) in [5.41, 5.74) is 1.58. The van der Waals surface area contributed by atoms with Crippen molar-refractivity contribution in [2.75, 3.05) is 7.11 Å². The fourth-order valence-electron chi connectivity index (χ4n) is 1.40. The molecule has 2 heteroatoms. The first kappa shape index (κ1) is 12.6. The minimum absolute atomic E-state index is 0.272. The SMILES string of the molecule is CCC(C)(C)C(Br)c1ccc(OC)cc1. The normalized spacial score (nSPS) is 13.7. The molecule has 0 fully saturated rings. The van der Waals surface area contributed by atoms with Gasteiger partial charge in [-0.25, -0.2) is 0 Å². The number of hydrogen-bond acceptors (Lipinski definition) is 1. The summed E-state index contributed by atoms with van der Waals surface area (Å²) in [4.78, 5) is 0.390. The second-order valence-corrected chi connectivity index (χ2v) is 5.39. The maximum Gasteiger partial charge on any atom is 0.118 e. The average Bonchev–Trinajstić information content (AvgIpc) is 2.28. The quantitative estimate of drug-likeness (QED) is 0.729. The Hall–Kier alpha value is -0.500. The summed E-state index contributed by atoms with van der Waals surface area (Å²) >= 11 is 3.77. The van der Waals surface area contributed by atoms with Crippen LogP contribution in [0.5, 0.6) is 5.75 Å². The van der Waals surface area contributed by atoms with Crippen molar-refractivity contribution < 1.29 is 4.74 Å². The van der Waals surface area contributed by atoms with Crippen LogP contribution < -0.4 is 4.74 Å². The monoisotopic (exact) mass is 270 g/mol. The molecule has 84 valence electrons.